The summed E-state index contributed by atoms with van der Waals surface area (Å²) in [6, 6.07) is 9.25. The van der Waals surface area contributed by atoms with Gasteiger partial charge < -0.3 is 10.1 Å². The molecule has 0 bridgehead atoms. The van der Waals surface area contributed by atoms with Crippen LogP contribution in [0.5, 0.6) is 0 Å². The molecule has 0 aliphatic carbocycles. The topological polar surface area (TPSA) is 21.3 Å². The molecule has 0 saturated carbocycles. The highest BCUT2D eigenvalue weighted by atomic mass is 16.5. The average Bonchev–Trinajstić information content (AvgIpc) is 2.38. The van der Waals surface area contributed by atoms with E-state index < -0.39 is 0 Å². The number of rotatable bonds is 4. The zero-order valence-corrected chi connectivity index (χ0v) is 10.9. The summed E-state index contributed by atoms with van der Waals surface area (Å²) < 4.78 is 5.38. The monoisotopic (exact) mass is 233 g/mol. The minimum atomic E-state index is 0.443. The average molecular weight is 233 g/mol. The summed E-state index contributed by atoms with van der Waals surface area (Å²) in [5, 5.41) is 3.63. The van der Waals surface area contributed by atoms with E-state index in [1.54, 1.807) is 0 Å². The van der Waals surface area contributed by atoms with Crippen LogP contribution in [0.3, 0.4) is 0 Å². The molecule has 1 fully saturated rings. The van der Waals surface area contributed by atoms with Crippen molar-refractivity contribution in [3.63, 3.8) is 0 Å². The normalized spacial score (nSPS) is 19.2. The van der Waals surface area contributed by atoms with Gasteiger partial charge in [-0.05, 0) is 44.7 Å². The highest BCUT2D eigenvalue weighted by Crippen LogP contribution is 2.17. The second-order valence-electron chi connectivity index (χ2n) is 5.10. The van der Waals surface area contributed by atoms with Gasteiger partial charge in [0.05, 0.1) is 0 Å². The van der Waals surface area contributed by atoms with Crippen LogP contribution in [0.15, 0.2) is 24.3 Å². The Morgan fingerprint density at radius 2 is 1.88 bits per heavy atom. The molecule has 1 aromatic rings. The molecule has 1 N–H and O–H groups in total. The van der Waals surface area contributed by atoms with E-state index in [-0.39, 0.29) is 0 Å². The van der Waals surface area contributed by atoms with Crippen molar-refractivity contribution in [1.82, 2.24) is 5.32 Å². The number of hydrogen-bond acceptors (Lipinski definition) is 2. The molecular formula is C15H23NO. The quantitative estimate of drug-likeness (QED) is 0.863. The van der Waals surface area contributed by atoms with E-state index in [2.05, 4.69) is 43.4 Å². The van der Waals surface area contributed by atoms with E-state index in [0.29, 0.717) is 6.04 Å². The first-order chi connectivity index (χ1) is 8.25. The molecule has 2 heteroatoms. The fourth-order valence-corrected chi connectivity index (χ4v) is 2.27. The predicted octanol–water partition coefficient (Wildman–Crippen LogP) is 3.07. The fourth-order valence-electron chi connectivity index (χ4n) is 2.27. The van der Waals surface area contributed by atoms with E-state index >= 15 is 0 Å². The first-order valence-corrected chi connectivity index (χ1v) is 6.63. The Hall–Kier alpha value is -0.860. The van der Waals surface area contributed by atoms with Crippen molar-refractivity contribution in [2.45, 2.75) is 32.7 Å². The first-order valence-electron chi connectivity index (χ1n) is 6.63. The third-order valence-corrected chi connectivity index (χ3v) is 3.63. The lowest BCUT2D eigenvalue weighted by molar-refractivity contribution is 0.0656. The Kier molecular flexibility index (Phi) is 4.57. The summed E-state index contributed by atoms with van der Waals surface area (Å²) in [5.74, 6) is 0.789. The molecule has 1 aliphatic heterocycles. The molecule has 0 unspecified atom stereocenters. The van der Waals surface area contributed by atoms with Crippen molar-refractivity contribution in [1.29, 1.82) is 0 Å². The van der Waals surface area contributed by atoms with Crippen LogP contribution in [-0.4, -0.2) is 19.8 Å². The van der Waals surface area contributed by atoms with E-state index in [1.165, 1.54) is 24.0 Å². The van der Waals surface area contributed by atoms with Crippen LogP contribution >= 0.6 is 0 Å². The molecule has 0 amide bonds. The second kappa shape index (κ2) is 6.18. The summed E-state index contributed by atoms with van der Waals surface area (Å²) >= 11 is 0. The van der Waals surface area contributed by atoms with E-state index in [9.17, 15) is 0 Å². The van der Waals surface area contributed by atoms with Crippen molar-refractivity contribution in [2.24, 2.45) is 5.92 Å². The summed E-state index contributed by atoms with van der Waals surface area (Å²) in [6.45, 7) is 7.35. The molecule has 94 valence electrons. The lowest BCUT2D eigenvalue weighted by Gasteiger charge is -2.24. The van der Waals surface area contributed by atoms with Crippen LogP contribution in [0, 0.1) is 12.8 Å². The Balaban J connectivity index is 1.80. The van der Waals surface area contributed by atoms with Crippen LogP contribution in [0.4, 0.5) is 0 Å². The fraction of sp³-hybridized carbons (Fsp3) is 0.600. The van der Waals surface area contributed by atoms with Gasteiger partial charge in [-0.25, -0.2) is 0 Å². The van der Waals surface area contributed by atoms with Crippen molar-refractivity contribution >= 4 is 0 Å². The van der Waals surface area contributed by atoms with Crippen molar-refractivity contribution in [2.75, 3.05) is 19.8 Å². The Morgan fingerprint density at radius 3 is 2.53 bits per heavy atom. The molecule has 1 atom stereocenters. The maximum absolute atomic E-state index is 5.38. The number of aryl methyl sites for hydroxylation is 1. The van der Waals surface area contributed by atoms with Gasteiger partial charge in [0.2, 0.25) is 0 Å². The number of nitrogens with one attached hydrogen (secondary N) is 1. The van der Waals surface area contributed by atoms with Gasteiger partial charge in [0.25, 0.3) is 0 Å². The summed E-state index contributed by atoms with van der Waals surface area (Å²) in [5.41, 5.74) is 2.70. The Bertz CT molecular complexity index is 327. The number of ether oxygens (including phenoxy) is 1. The SMILES string of the molecule is Cc1ccc([C@@H](C)NCC2CCOCC2)cc1. The van der Waals surface area contributed by atoms with E-state index in [1.807, 2.05) is 0 Å². The molecule has 1 aliphatic rings. The lowest BCUT2D eigenvalue weighted by Crippen LogP contribution is -2.29. The lowest BCUT2D eigenvalue weighted by atomic mass is 9.99. The van der Waals surface area contributed by atoms with Gasteiger partial charge in [-0.1, -0.05) is 29.8 Å². The number of hydrogen-bond donors (Lipinski definition) is 1. The Morgan fingerprint density at radius 1 is 1.24 bits per heavy atom. The molecule has 1 saturated heterocycles. The van der Waals surface area contributed by atoms with Crippen LogP contribution in [0.1, 0.15) is 36.9 Å². The minimum absolute atomic E-state index is 0.443. The summed E-state index contributed by atoms with van der Waals surface area (Å²) in [6.07, 6.45) is 2.40. The molecule has 2 rings (SSSR count). The minimum Gasteiger partial charge on any atom is -0.381 e. The van der Waals surface area contributed by atoms with Gasteiger partial charge in [-0.3, -0.25) is 0 Å². The Labute approximate surface area is 104 Å². The van der Waals surface area contributed by atoms with E-state index in [4.69, 9.17) is 4.74 Å². The standard InChI is InChI=1S/C15H23NO/c1-12-3-5-15(6-4-12)13(2)16-11-14-7-9-17-10-8-14/h3-6,13-14,16H,7-11H2,1-2H3/t13-/m1/s1. The van der Waals surface area contributed by atoms with Gasteiger partial charge in [-0.2, -0.15) is 0 Å². The zero-order valence-electron chi connectivity index (χ0n) is 10.9. The molecule has 1 heterocycles. The van der Waals surface area contributed by atoms with Gasteiger partial charge >= 0.3 is 0 Å². The largest absolute Gasteiger partial charge is 0.381 e. The summed E-state index contributed by atoms with van der Waals surface area (Å²) in [4.78, 5) is 0. The number of benzene rings is 1. The van der Waals surface area contributed by atoms with Gasteiger partial charge in [0.1, 0.15) is 0 Å². The zero-order chi connectivity index (χ0) is 12.1. The molecule has 0 radical (unpaired) electrons. The predicted molar refractivity (Wildman–Crippen MR) is 71.1 cm³/mol. The van der Waals surface area contributed by atoms with Gasteiger partial charge in [-0.15, -0.1) is 0 Å². The second-order valence-corrected chi connectivity index (χ2v) is 5.10. The third-order valence-electron chi connectivity index (χ3n) is 3.63. The van der Waals surface area contributed by atoms with Crippen LogP contribution < -0.4 is 5.32 Å². The summed E-state index contributed by atoms with van der Waals surface area (Å²) in [7, 11) is 0. The third kappa shape index (κ3) is 3.83. The van der Waals surface area contributed by atoms with Crippen LogP contribution in [0.2, 0.25) is 0 Å². The van der Waals surface area contributed by atoms with Gasteiger partial charge in [0, 0.05) is 19.3 Å². The molecular weight excluding hydrogens is 210 g/mol. The molecule has 0 aromatic heterocycles. The first kappa shape index (κ1) is 12.6. The van der Waals surface area contributed by atoms with Crippen molar-refractivity contribution in [3.05, 3.63) is 35.4 Å². The molecule has 1 aromatic carbocycles. The molecule has 17 heavy (non-hydrogen) atoms. The molecule has 2 nitrogen and oxygen atoms in total. The van der Waals surface area contributed by atoms with Crippen LogP contribution in [0.25, 0.3) is 0 Å². The smallest absolute Gasteiger partial charge is 0.0469 e. The van der Waals surface area contributed by atoms with Crippen molar-refractivity contribution in [3.8, 4) is 0 Å². The maximum atomic E-state index is 5.38. The highest BCUT2D eigenvalue weighted by molar-refractivity contribution is 5.23. The highest BCUT2D eigenvalue weighted by Gasteiger charge is 2.14. The van der Waals surface area contributed by atoms with E-state index in [0.717, 1.165) is 25.7 Å². The van der Waals surface area contributed by atoms with Crippen LogP contribution in [-0.2, 0) is 4.74 Å². The maximum Gasteiger partial charge on any atom is 0.0469 e. The van der Waals surface area contributed by atoms with Gasteiger partial charge in [0.15, 0.2) is 0 Å². The van der Waals surface area contributed by atoms with Crippen molar-refractivity contribution < 1.29 is 4.74 Å². The molecule has 0 spiro atoms.